The maximum Gasteiger partial charge on any atom is 0.255 e. The molecule has 2 heterocycles. The Morgan fingerprint density at radius 2 is 2.04 bits per heavy atom. The third-order valence-electron chi connectivity index (χ3n) is 3.93. The van der Waals surface area contributed by atoms with Gasteiger partial charge in [0, 0.05) is 24.0 Å². The molecule has 0 spiro atoms. The van der Waals surface area contributed by atoms with E-state index < -0.39 is 0 Å². The molecule has 0 radical (unpaired) electrons. The van der Waals surface area contributed by atoms with Crippen molar-refractivity contribution in [2.24, 2.45) is 0 Å². The summed E-state index contributed by atoms with van der Waals surface area (Å²) in [6.45, 7) is 2.14. The topological polar surface area (TPSA) is 54.0 Å². The summed E-state index contributed by atoms with van der Waals surface area (Å²) in [7, 11) is 0. The number of benzene rings is 1. The Balaban J connectivity index is 0.00000192. The largest absolute Gasteiger partial charge is 0.322 e. The van der Waals surface area contributed by atoms with Crippen LogP contribution in [0.4, 0.5) is 5.69 Å². The number of aromatic nitrogens is 1. The van der Waals surface area contributed by atoms with Gasteiger partial charge in [0.1, 0.15) is 5.15 Å². The predicted octanol–water partition coefficient (Wildman–Crippen LogP) is 3.88. The number of carbonyl (C=O) groups excluding carboxylic acids is 1. The van der Waals surface area contributed by atoms with E-state index in [2.05, 4.69) is 27.8 Å². The lowest BCUT2D eigenvalue weighted by atomic mass is 9.91. The van der Waals surface area contributed by atoms with Crippen LogP contribution in [0.2, 0.25) is 5.15 Å². The van der Waals surface area contributed by atoms with Gasteiger partial charge in [0.2, 0.25) is 0 Å². The Hall–Kier alpha value is -1.62. The van der Waals surface area contributed by atoms with Crippen molar-refractivity contribution in [1.82, 2.24) is 10.3 Å². The zero-order valence-electron chi connectivity index (χ0n) is 12.6. The van der Waals surface area contributed by atoms with E-state index in [0.717, 1.165) is 18.8 Å². The van der Waals surface area contributed by atoms with Crippen LogP contribution in [0.5, 0.6) is 0 Å². The highest BCUT2D eigenvalue weighted by Crippen LogP contribution is 2.24. The van der Waals surface area contributed by atoms with Crippen molar-refractivity contribution in [2.45, 2.75) is 18.8 Å². The van der Waals surface area contributed by atoms with Crippen LogP contribution in [-0.2, 0) is 0 Å². The highest BCUT2D eigenvalue weighted by molar-refractivity contribution is 6.29. The number of pyridine rings is 1. The zero-order chi connectivity index (χ0) is 15.4. The van der Waals surface area contributed by atoms with Crippen LogP contribution >= 0.6 is 24.0 Å². The molecule has 2 aromatic rings. The van der Waals surface area contributed by atoms with Crippen molar-refractivity contribution in [3.63, 3.8) is 0 Å². The highest BCUT2D eigenvalue weighted by atomic mass is 35.5. The number of hydrogen-bond acceptors (Lipinski definition) is 3. The molecule has 1 aliphatic heterocycles. The minimum atomic E-state index is -0.184. The van der Waals surface area contributed by atoms with Gasteiger partial charge in [-0.25, -0.2) is 4.98 Å². The fourth-order valence-corrected chi connectivity index (χ4v) is 2.90. The fraction of sp³-hybridized carbons (Fsp3) is 0.294. The molecule has 4 nitrogen and oxygen atoms in total. The first-order valence-corrected chi connectivity index (χ1v) is 7.84. The molecule has 1 saturated heterocycles. The minimum absolute atomic E-state index is 0. The smallest absolute Gasteiger partial charge is 0.255 e. The number of carbonyl (C=O) groups is 1. The zero-order valence-corrected chi connectivity index (χ0v) is 14.2. The fourth-order valence-electron chi connectivity index (χ4n) is 2.72. The van der Waals surface area contributed by atoms with Crippen LogP contribution in [0, 0.1) is 0 Å². The molecule has 0 aliphatic carbocycles. The SMILES string of the molecule is Cl.O=C(Nc1ccc(C2CCCNC2)cc1)c1ccnc(Cl)c1. The lowest BCUT2D eigenvalue weighted by Gasteiger charge is -2.23. The van der Waals surface area contributed by atoms with E-state index in [0.29, 0.717) is 16.6 Å². The van der Waals surface area contributed by atoms with Gasteiger partial charge in [-0.2, -0.15) is 0 Å². The maximum absolute atomic E-state index is 12.1. The molecule has 23 heavy (non-hydrogen) atoms. The van der Waals surface area contributed by atoms with Crippen LogP contribution in [0.3, 0.4) is 0 Å². The van der Waals surface area contributed by atoms with Crippen LogP contribution in [-0.4, -0.2) is 24.0 Å². The second kappa shape index (κ2) is 8.29. The Morgan fingerprint density at radius 3 is 2.70 bits per heavy atom. The Labute approximate surface area is 147 Å². The van der Waals surface area contributed by atoms with Crippen molar-refractivity contribution in [3.8, 4) is 0 Å². The number of hydrogen-bond donors (Lipinski definition) is 2. The standard InChI is InChI=1S/C17H18ClN3O.ClH/c18-16-10-13(7-9-20-16)17(22)21-15-5-3-12(4-6-15)14-2-1-8-19-11-14;/h3-7,9-10,14,19H,1-2,8,11H2,(H,21,22);1H. The number of rotatable bonds is 3. The summed E-state index contributed by atoms with van der Waals surface area (Å²) >= 11 is 5.80. The average Bonchev–Trinajstić information content (AvgIpc) is 2.56. The number of anilines is 1. The van der Waals surface area contributed by atoms with E-state index >= 15 is 0 Å². The van der Waals surface area contributed by atoms with Crippen molar-refractivity contribution in [3.05, 3.63) is 58.9 Å². The van der Waals surface area contributed by atoms with Gasteiger partial charge in [0.05, 0.1) is 0 Å². The van der Waals surface area contributed by atoms with E-state index in [9.17, 15) is 4.79 Å². The summed E-state index contributed by atoms with van der Waals surface area (Å²) in [6, 6.07) is 11.3. The van der Waals surface area contributed by atoms with Gasteiger partial charge in [0.15, 0.2) is 0 Å². The molecular formula is C17H19Cl2N3O. The van der Waals surface area contributed by atoms with Gasteiger partial charge in [-0.1, -0.05) is 23.7 Å². The van der Waals surface area contributed by atoms with Crippen LogP contribution in [0.1, 0.15) is 34.7 Å². The molecule has 122 valence electrons. The molecule has 1 aromatic heterocycles. The second-order valence-corrected chi connectivity index (χ2v) is 5.87. The molecule has 1 unspecified atom stereocenters. The normalized spacial score (nSPS) is 17.2. The summed E-state index contributed by atoms with van der Waals surface area (Å²) in [6.07, 6.45) is 3.95. The summed E-state index contributed by atoms with van der Waals surface area (Å²) in [5.41, 5.74) is 2.60. The van der Waals surface area contributed by atoms with E-state index in [-0.39, 0.29) is 18.3 Å². The lowest BCUT2D eigenvalue weighted by Crippen LogP contribution is -2.28. The quantitative estimate of drug-likeness (QED) is 0.825. The summed E-state index contributed by atoms with van der Waals surface area (Å²) < 4.78 is 0. The van der Waals surface area contributed by atoms with Crippen molar-refractivity contribution in [1.29, 1.82) is 0 Å². The average molecular weight is 352 g/mol. The molecule has 0 bridgehead atoms. The first kappa shape index (κ1) is 17.7. The third-order valence-corrected chi connectivity index (χ3v) is 4.13. The Bertz CT molecular complexity index is 655. The van der Waals surface area contributed by atoms with Crippen molar-refractivity contribution in [2.75, 3.05) is 18.4 Å². The Morgan fingerprint density at radius 1 is 1.26 bits per heavy atom. The van der Waals surface area contributed by atoms with Crippen LogP contribution in [0.15, 0.2) is 42.6 Å². The van der Waals surface area contributed by atoms with E-state index in [1.54, 1.807) is 12.1 Å². The summed E-state index contributed by atoms with van der Waals surface area (Å²) in [5, 5.41) is 6.61. The van der Waals surface area contributed by atoms with Gasteiger partial charge < -0.3 is 10.6 Å². The molecule has 2 N–H and O–H groups in total. The predicted molar refractivity (Wildman–Crippen MR) is 95.7 cm³/mol. The molecule has 1 amide bonds. The van der Waals surface area contributed by atoms with Crippen LogP contribution < -0.4 is 10.6 Å². The van der Waals surface area contributed by atoms with Crippen molar-refractivity contribution < 1.29 is 4.79 Å². The first-order chi connectivity index (χ1) is 10.7. The summed E-state index contributed by atoms with van der Waals surface area (Å²) in [4.78, 5) is 16.0. The molecular weight excluding hydrogens is 333 g/mol. The molecule has 1 atom stereocenters. The highest BCUT2D eigenvalue weighted by Gasteiger charge is 2.15. The minimum Gasteiger partial charge on any atom is -0.322 e. The first-order valence-electron chi connectivity index (χ1n) is 7.46. The molecule has 0 saturated carbocycles. The maximum atomic E-state index is 12.1. The summed E-state index contributed by atoms with van der Waals surface area (Å²) in [5.74, 6) is 0.383. The van der Waals surface area contributed by atoms with E-state index in [1.807, 2.05) is 12.1 Å². The Kier molecular flexibility index (Phi) is 6.39. The number of amides is 1. The number of nitrogens with zero attached hydrogens (tertiary/aromatic N) is 1. The monoisotopic (exact) mass is 351 g/mol. The molecule has 1 fully saturated rings. The number of nitrogens with one attached hydrogen (secondary N) is 2. The molecule has 6 heteroatoms. The second-order valence-electron chi connectivity index (χ2n) is 5.49. The third kappa shape index (κ3) is 4.67. The number of halogens is 2. The molecule has 1 aliphatic rings. The van der Waals surface area contributed by atoms with Gasteiger partial charge >= 0.3 is 0 Å². The van der Waals surface area contributed by atoms with Gasteiger partial charge in [-0.15, -0.1) is 12.4 Å². The van der Waals surface area contributed by atoms with Gasteiger partial charge in [-0.3, -0.25) is 4.79 Å². The van der Waals surface area contributed by atoms with Gasteiger partial charge in [0.25, 0.3) is 5.91 Å². The number of piperidine rings is 1. The van der Waals surface area contributed by atoms with E-state index in [1.165, 1.54) is 24.6 Å². The van der Waals surface area contributed by atoms with E-state index in [4.69, 9.17) is 11.6 Å². The van der Waals surface area contributed by atoms with Gasteiger partial charge in [-0.05, 0) is 55.1 Å². The molecule has 3 rings (SSSR count). The molecule has 1 aromatic carbocycles. The van der Waals surface area contributed by atoms with Crippen LogP contribution in [0.25, 0.3) is 0 Å². The lowest BCUT2D eigenvalue weighted by molar-refractivity contribution is 0.102. The van der Waals surface area contributed by atoms with Crippen molar-refractivity contribution >= 4 is 35.6 Å².